The van der Waals surface area contributed by atoms with E-state index in [9.17, 15) is 0 Å². The highest BCUT2D eigenvalue weighted by atomic mass is 16.5. The standard InChI is InChI=1S/C15H22O2/c1-3-5-13-7-8-15(12(2)10-13)17-11-14-6-4-9-16-14/h7-8,10,14H,3-6,9,11H2,1-2H3/t14-/m1/s1. The van der Waals surface area contributed by atoms with Crippen LogP contribution < -0.4 is 4.74 Å². The van der Waals surface area contributed by atoms with E-state index in [2.05, 4.69) is 32.0 Å². The van der Waals surface area contributed by atoms with Gasteiger partial charge in [0.15, 0.2) is 0 Å². The predicted octanol–water partition coefficient (Wildman–Crippen LogP) is 3.51. The van der Waals surface area contributed by atoms with Gasteiger partial charge in [0, 0.05) is 6.61 Å². The fourth-order valence-electron chi connectivity index (χ4n) is 2.28. The quantitative estimate of drug-likeness (QED) is 0.776. The van der Waals surface area contributed by atoms with Gasteiger partial charge in [0.25, 0.3) is 0 Å². The van der Waals surface area contributed by atoms with Crippen molar-refractivity contribution in [3.8, 4) is 5.75 Å². The summed E-state index contributed by atoms with van der Waals surface area (Å²) in [6.07, 6.45) is 4.93. The molecule has 94 valence electrons. The van der Waals surface area contributed by atoms with Crippen LogP contribution in [0.15, 0.2) is 18.2 Å². The number of ether oxygens (including phenoxy) is 2. The van der Waals surface area contributed by atoms with Crippen molar-refractivity contribution in [3.05, 3.63) is 29.3 Å². The lowest BCUT2D eigenvalue weighted by Crippen LogP contribution is -2.16. The van der Waals surface area contributed by atoms with Gasteiger partial charge in [-0.3, -0.25) is 0 Å². The van der Waals surface area contributed by atoms with Gasteiger partial charge in [0.2, 0.25) is 0 Å². The van der Waals surface area contributed by atoms with Crippen LogP contribution in [0.2, 0.25) is 0 Å². The highest BCUT2D eigenvalue weighted by molar-refractivity contribution is 5.36. The molecule has 2 rings (SSSR count). The van der Waals surface area contributed by atoms with E-state index in [1.54, 1.807) is 0 Å². The molecule has 2 nitrogen and oxygen atoms in total. The van der Waals surface area contributed by atoms with Crippen molar-refractivity contribution in [1.82, 2.24) is 0 Å². The number of hydrogen-bond donors (Lipinski definition) is 0. The molecule has 1 atom stereocenters. The molecule has 0 radical (unpaired) electrons. The summed E-state index contributed by atoms with van der Waals surface area (Å²) in [6.45, 7) is 5.90. The minimum atomic E-state index is 0.296. The zero-order valence-electron chi connectivity index (χ0n) is 10.9. The molecule has 2 heteroatoms. The van der Waals surface area contributed by atoms with Gasteiger partial charge >= 0.3 is 0 Å². The largest absolute Gasteiger partial charge is 0.491 e. The van der Waals surface area contributed by atoms with Crippen LogP contribution in [-0.2, 0) is 11.2 Å². The SMILES string of the molecule is CCCc1ccc(OC[C@H]2CCCO2)c(C)c1. The minimum absolute atomic E-state index is 0.296. The van der Waals surface area contributed by atoms with Crippen molar-refractivity contribution >= 4 is 0 Å². The van der Waals surface area contributed by atoms with Crippen molar-refractivity contribution in [2.75, 3.05) is 13.2 Å². The third kappa shape index (κ3) is 3.47. The Kier molecular flexibility index (Phi) is 4.43. The Hall–Kier alpha value is -1.02. The van der Waals surface area contributed by atoms with Crippen molar-refractivity contribution in [1.29, 1.82) is 0 Å². The first kappa shape index (κ1) is 12.4. The van der Waals surface area contributed by atoms with E-state index in [-0.39, 0.29) is 0 Å². The Morgan fingerprint density at radius 1 is 1.41 bits per heavy atom. The maximum atomic E-state index is 5.83. The maximum absolute atomic E-state index is 5.83. The molecule has 0 spiro atoms. The average molecular weight is 234 g/mol. The third-order valence-electron chi connectivity index (χ3n) is 3.23. The van der Waals surface area contributed by atoms with Gasteiger partial charge in [0.05, 0.1) is 6.10 Å². The molecule has 0 aliphatic carbocycles. The summed E-state index contributed by atoms with van der Waals surface area (Å²) in [6, 6.07) is 6.49. The lowest BCUT2D eigenvalue weighted by molar-refractivity contribution is 0.0677. The molecular formula is C15H22O2. The van der Waals surface area contributed by atoms with Crippen LogP contribution in [0.5, 0.6) is 5.75 Å². The summed E-state index contributed by atoms with van der Waals surface area (Å²) in [5.41, 5.74) is 2.63. The fourth-order valence-corrected chi connectivity index (χ4v) is 2.28. The van der Waals surface area contributed by atoms with E-state index in [1.807, 2.05) is 0 Å². The molecular weight excluding hydrogens is 212 g/mol. The second-order valence-electron chi connectivity index (χ2n) is 4.80. The molecule has 0 saturated carbocycles. The fraction of sp³-hybridized carbons (Fsp3) is 0.600. The second-order valence-corrected chi connectivity index (χ2v) is 4.80. The van der Waals surface area contributed by atoms with Gasteiger partial charge < -0.3 is 9.47 Å². The lowest BCUT2D eigenvalue weighted by atomic mass is 10.1. The first-order valence-corrected chi connectivity index (χ1v) is 6.63. The molecule has 1 saturated heterocycles. The molecule has 1 aromatic carbocycles. The summed E-state index contributed by atoms with van der Waals surface area (Å²) in [5, 5.41) is 0. The molecule has 0 unspecified atom stereocenters. The molecule has 0 N–H and O–H groups in total. The molecule has 17 heavy (non-hydrogen) atoms. The van der Waals surface area contributed by atoms with Gasteiger partial charge in [-0.2, -0.15) is 0 Å². The van der Waals surface area contributed by atoms with Crippen LogP contribution in [0.25, 0.3) is 0 Å². The summed E-state index contributed by atoms with van der Waals surface area (Å²) in [4.78, 5) is 0. The van der Waals surface area contributed by atoms with Crippen LogP contribution in [0.4, 0.5) is 0 Å². The monoisotopic (exact) mass is 234 g/mol. The van der Waals surface area contributed by atoms with E-state index in [0.717, 1.165) is 25.2 Å². The van der Waals surface area contributed by atoms with E-state index in [1.165, 1.54) is 24.0 Å². The number of benzene rings is 1. The predicted molar refractivity (Wildman–Crippen MR) is 69.6 cm³/mol. The molecule has 1 aromatic rings. The zero-order chi connectivity index (χ0) is 12.1. The van der Waals surface area contributed by atoms with Gasteiger partial charge in [-0.15, -0.1) is 0 Å². The van der Waals surface area contributed by atoms with Gasteiger partial charge in [-0.1, -0.05) is 25.5 Å². The van der Waals surface area contributed by atoms with Crippen LogP contribution in [0.3, 0.4) is 0 Å². The topological polar surface area (TPSA) is 18.5 Å². The minimum Gasteiger partial charge on any atom is -0.491 e. The molecule has 1 aliphatic rings. The van der Waals surface area contributed by atoms with Gasteiger partial charge in [-0.25, -0.2) is 0 Å². The van der Waals surface area contributed by atoms with E-state index in [0.29, 0.717) is 12.7 Å². The first-order valence-electron chi connectivity index (χ1n) is 6.63. The van der Waals surface area contributed by atoms with Crippen LogP contribution >= 0.6 is 0 Å². The van der Waals surface area contributed by atoms with E-state index >= 15 is 0 Å². The lowest BCUT2D eigenvalue weighted by Gasteiger charge is -2.14. The highest BCUT2D eigenvalue weighted by Crippen LogP contribution is 2.21. The Morgan fingerprint density at radius 2 is 2.29 bits per heavy atom. The van der Waals surface area contributed by atoms with E-state index in [4.69, 9.17) is 9.47 Å². The number of rotatable bonds is 5. The third-order valence-corrected chi connectivity index (χ3v) is 3.23. The van der Waals surface area contributed by atoms with Crippen LogP contribution in [0, 0.1) is 6.92 Å². The Morgan fingerprint density at radius 3 is 2.94 bits per heavy atom. The van der Waals surface area contributed by atoms with Crippen molar-refractivity contribution < 1.29 is 9.47 Å². The Labute approximate surface area is 104 Å². The summed E-state index contributed by atoms with van der Waals surface area (Å²) >= 11 is 0. The molecule has 1 fully saturated rings. The summed E-state index contributed by atoms with van der Waals surface area (Å²) in [5.74, 6) is 1.00. The molecule has 1 heterocycles. The Balaban J connectivity index is 1.91. The normalized spacial score (nSPS) is 19.5. The van der Waals surface area contributed by atoms with Crippen LogP contribution in [0.1, 0.15) is 37.3 Å². The van der Waals surface area contributed by atoms with Crippen molar-refractivity contribution in [2.24, 2.45) is 0 Å². The highest BCUT2D eigenvalue weighted by Gasteiger charge is 2.16. The average Bonchev–Trinajstić information content (AvgIpc) is 2.81. The Bertz CT molecular complexity index is 354. The van der Waals surface area contributed by atoms with E-state index < -0.39 is 0 Å². The molecule has 0 bridgehead atoms. The summed E-state index contributed by atoms with van der Waals surface area (Å²) in [7, 11) is 0. The van der Waals surface area contributed by atoms with Gasteiger partial charge in [-0.05, 0) is 43.4 Å². The van der Waals surface area contributed by atoms with Crippen LogP contribution in [-0.4, -0.2) is 19.3 Å². The maximum Gasteiger partial charge on any atom is 0.122 e. The molecule has 0 amide bonds. The first-order chi connectivity index (χ1) is 8.29. The van der Waals surface area contributed by atoms with Crippen molar-refractivity contribution in [2.45, 2.75) is 45.6 Å². The number of aryl methyl sites for hydroxylation is 2. The number of hydrogen-bond acceptors (Lipinski definition) is 2. The second kappa shape index (κ2) is 6.06. The van der Waals surface area contributed by atoms with Gasteiger partial charge in [0.1, 0.15) is 12.4 Å². The smallest absolute Gasteiger partial charge is 0.122 e. The zero-order valence-corrected chi connectivity index (χ0v) is 10.9. The summed E-state index contributed by atoms with van der Waals surface area (Å²) < 4.78 is 11.4. The molecule has 0 aromatic heterocycles. The van der Waals surface area contributed by atoms with Crippen molar-refractivity contribution in [3.63, 3.8) is 0 Å². The molecule has 1 aliphatic heterocycles.